The van der Waals surface area contributed by atoms with Gasteiger partial charge in [0.2, 0.25) is 0 Å². The first-order valence-electron chi connectivity index (χ1n) is 5.47. The average molecular weight is 311 g/mol. The molecule has 0 radical (unpaired) electrons. The Morgan fingerprint density at radius 1 is 1.33 bits per heavy atom. The van der Waals surface area contributed by atoms with Crippen molar-refractivity contribution >= 4 is 15.9 Å². The van der Waals surface area contributed by atoms with E-state index in [9.17, 15) is 9.50 Å². The molecular formula is C13H12BrFN2O. The van der Waals surface area contributed by atoms with E-state index in [-0.39, 0.29) is 12.2 Å². The molecule has 0 spiro atoms. The molecule has 2 aromatic rings. The highest BCUT2D eigenvalue weighted by molar-refractivity contribution is 9.10. The minimum atomic E-state index is -0.908. The van der Waals surface area contributed by atoms with E-state index in [4.69, 9.17) is 0 Å². The molecule has 0 fully saturated rings. The molecule has 3 nitrogen and oxygen atoms in total. The van der Waals surface area contributed by atoms with Crippen LogP contribution in [0.25, 0.3) is 0 Å². The highest BCUT2D eigenvalue weighted by Crippen LogP contribution is 2.21. The smallest absolute Gasteiger partial charge is 0.157 e. The predicted octanol–water partition coefficient (Wildman–Crippen LogP) is 2.96. The SMILES string of the molecule is Cc1cnc(C(O)Cc2cc(Br)ccc2F)nc1. The summed E-state index contributed by atoms with van der Waals surface area (Å²) in [6.45, 7) is 1.87. The summed E-state index contributed by atoms with van der Waals surface area (Å²) in [5.74, 6) is -0.0377. The van der Waals surface area contributed by atoms with Crippen LogP contribution in [0.5, 0.6) is 0 Å². The monoisotopic (exact) mass is 310 g/mol. The predicted molar refractivity (Wildman–Crippen MR) is 69.5 cm³/mol. The fraction of sp³-hybridized carbons (Fsp3) is 0.231. The Labute approximate surface area is 113 Å². The third-order valence-corrected chi connectivity index (χ3v) is 3.01. The van der Waals surface area contributed by atoms with E-state index < -0.39 is 6.10 Å². The number of hydrogen-bond acceptors (Lipinski definition) is 3. The largest absolute Gasteiger partial charge is 0.385 e. The van der Waals surface area contributed by atoms with Gasteiger partial charge in [0.15, 0.2) is 5.82 Å². The minimum absolute atomic E-state index is 0.147. The lowest BCUT2D eigenvalue weighted by Crippen LogP contribution is -2.08. The minimum Gasteiger partial charge on any atom is -0.385 e. The van der Waals surface area contributed by atoms with Gasteiger partial charge in [-0.1, -0.05) is 15.9 Å². The maximum Gasteiger partial charge on any atom is 0.157 e. The number of benzene rings is 1. The quantitative estimate of drug-likeness (QED) is 0.948. The number of halogens is 2. The van der Waals surface area contributed by atoms with Crippen molar-refractivity contribution in [1.82, 2.24) is 9.97 Å². The van der Waals surface area contributed by atoms with E-state index >= 15 is 0 Å². The number of nitrogens with zero attached hydrogens (tertiary/aromatic N) is 2. The van der Waals surface area contributed by atoms with E-state index in [1.54, 1.807) is 24.5 Å². The maximum atomic E-state index is 13.5. The van der Waals surface area contributed by atoms with E-state index in [1.165, 1.54) is 6.07 Å². The Balaban J connectivity index is 2.18. The summed E-state index contributed by atoms with van der Waals surface area (Å²) in [7, 11) is 0. The Bertz CT molecular complexity index is 545. The van der Waals surface area contributed by atoms with Crippen LogP contribution in [0.1, 0.15) is 23.1 Å². The molecule has 0 amide bonds. The van der Waals surface area contributed by atoms with Crippen LogP contribution in [-0.4, -0.2) is 15.1 Å². The van der Waals surface area contributed by atoms with Gasteiger partial charge in [-0.05, 0) is 36.2 Å². The molecular weight excluding hydrogens is 299 g/mol. The van der Waals surface area contributed by atoms with Crippen molar-refractivity contribution in [2.75, 3.05) is 0 Å². The fourth-order valence-corrected chi connectivity index (χ4v) is 1.98. The second-order valence-corrected chi connectivity index (χ2v) is 4.99. The zero-order valence-corrected chi connectivity index (χ0v) is 11.4. The van der Waals surface area contributed by atoms with Crippen molar-refractivity contribution < 1.29 is 9.50 Å². The van der Waals surface area contributed by atoms with Gasteiger partial charge in [0.25, 0.3) is 0 Å². The number of aliphatic hydroxyl groups excluding tert-OH is 1. The Kier molecular flexibility index (Phi) is 4.04. The summed E-state index contributed by atoms with van der Waals surface area (Å²) in [6, 6.07) is 4.63. The number of hydrogen-bond donors (Lipinski definition) is 1. The fourth-order valence-electron chi connectivity index (χ4n) is 1.57. The standard InChI is InChI=1S/C13H12BrFN2O/c1-8-6-16-13(17-7-8)12(18)5-9-4-10(14)2-3-11(9)15/h2-4,6-7,12,18H,5H2,1H3. The number of rotatable bonds is 3. The Hall–Kier alpha value is -1.33. The normalized spacial score (nSPS) is 12.4. The van der Waals surface area contributed by atoms with E-state index in [0.29, 0.717) is 11.4 Å². The van der Waals surface area contributed by atoms with Gasteiger partial charge in [-0.15, -0.1) is 0 Å². The van der Waals surface area contributed by atoms with Gasteiger partial charge in [0.1, 0.15) is 11.9 Å². The summed E-state index contributed by atoms with van der Waals surface area (Å²) in [4.78, 5) is 8.06. The zero-order valence-electron chi connectivity index (χ0n) is 9.77. The van der Waals surface area contributed by atoms with Crippen LogP contribution in [0.15, 0.2) is 35.1 Å². The number of aryl methyl sites for hydroxylation is 1. The van der Waals surface area contributed by atoms with E-state index in [1.807, 2.05) is 6.92 Å². The molecule has 0 bridgehead atoms. The summed E-state index contributed by atoms with van der Waals surface area (Å²) in [5.41, 5.74) is 1.35. The molecule has 1 aromatic heterocycles. The molecule has 0 aliphatic heterocycles. The highest BCUT2D eigenvalue weighted by atomic mass is 79.9. The molecule has 0 saturated carbocycles. The summed E-state index contributed by atoms with van der Waals surface area (Å²) in [5, 5.41) is 9.97. The lowest BCUT2D eigenvalue weighted by Gasteiger charge is -2.10. The van der Waals surface area contributed by atoms with E-state index in [2.05, 4.69) is 25.9 Å². The molecule has 2 rings (SSSR count). The van der Waals surface area contributed by atoms with Gasteiger partial charge in [-0.25, -0.2) is 14.4 Å². The molecule has 1 N–H and O–H groups in total. The van der Waals surface area contributed by atoms with Crippen molar-refractivity contribution in [1.29, 1.82) is 0 Å². The molecule has 1 unspecified atom stereocenters. The summed E-state index contributed by atoms with van der Waals surface area (Å²) >= 11 is 3.27. The second-order valence-electron chi connectivity index (χ2n) is 4.07. The Morgan fingerprint density at radius 3 is 2.67 bits per heavy atom. The molecule has 18 heavy (non-hydrogen) atoms. The topological polar surface area (TPSA) is 46.0 Å². The van der Waals surface area contributed by atoms with Crippen molar-refractivity contribution in [3.8, 4) is 0 Å². The van der Waals surface area contributed by atoms with Crippen molar-refractivity contribution in [2.24, 2.45) is 0 Å². The Morgan fingerprint density at radius 2 is 2.00 bits per heavy atom. The highest BCUT2D eigenvalue weighted by Gasteiger charge is 2.14. The molecule has 94 valence electrons. The van der Waals surface area contributed by atoms with Gasteiger partial charge in [0.05, 0.1) is 0 Å². The number of aromatic nitrogens is 2. The van der Waals surface area contributed by atoms with Crippen LogP contribution in [0, 0.1) is 12.7 Å². The molecule has 1 atom stereocenters. The first kappa shape index (κ1) is 13.1. The summed E-state index contributed by atoms with van der Waals surface area (Å²) in [6.07, 6.45) is 2.49. The second kappa shape index (κ2) is 5.54. The van der Waals surface area contributed by atoms with Crippen LogP contribution in [0.2, 0.25) is 0 Å². The van der Waals surface area contributed by atoms with Gasteiger partial charge < -0.3 is 5.11 Å². The molecule has 1 aromatic carbocycles. The van der Waals surface area contributed by atoms with Crippen molar-refractivity contribution in [2.45, 2.75) is 19.4 Å². The zero-order chi connectivity index (χ0) is 13.1. The van der Waals surface area contributed by atoms with Crippen molar-refractivity contribution in [3.05, 3.63) is 57.8 Å². The summed E-state index contributed by atoms with van der Waals surface area (Å²) < 4.78 is 14.3. The first-order valence-corrected chi connectivity index (χ1v) is 6.26. The van der Waals surface area contributed by atoms with Gasteiger partial charge >= 0.3 is 0 Å². The molecule has 0 saturated heterocycles. The first-order chi connectivity index (χ1) is 8.56. The maximum absolute atomic E-state index is 13.5. The van der Waals surface area contributed by atoms with Crippen LogP contribution in [0.3, 0.4) is 0 Å². The molecule has 0 aliphatic rings. The van der Waals surface area contributed by atoms with Crippen LogP contribution < -0.4 is 0 Å². The molecule has 0 aliphatic carbocycles. The van der Waals surface area contributed by atoms with Gasteiger partial charge in [0, 0.05) is 23.3 Å². The van der Waals surface area contributed by atoms with Crippen LogP contribution >= 0.6 is 15.9 Å². The average Bonchev–Trinajstić information content (AvgIpc) is 2.34. The van der Waals surface area contributed by atoms with Crippen LogP contribution in [0.4, 0.5) is 4.39 Å². The lowest BCUT2D eigenvalue weighted by atomic mass is 10.1. The van der Waals surface area contributed by atoms with Crippen LogP contribution in [-0.2, 0) is 6.42 Å². The molecule has 5 heteroatoms. The van der Waals surface area contributed by atoms with Gasteiger partial charge in [-0.3, -0.25) is 0 Å². The van der Waals surface area contributed by atoms with Crippen molar-refractivity contribution in [3.63, 3.8) is 0 Å². The lowest BCUT2D eigenvalue weighted by molar-refractivity contribution is 0.167. The van der Waals surface area contributed by atoms with E-state index in [0.717, 1.165) is 10.0 Å². The third kappa shape index (κ3) is 3.11. The number of aliphatic hydroxyl groups is 1. The third-order valence-electron chi connectivity index (χ3n) is 2.52. The van der Waals surface area contributed by atoms with Gasteiger partial charge in [-0.2, -0.15) is 0 Å². The molecule has 1 heterocycles.